The Morgan fingerprint density at radius 1 is 1.04 bits per heavy atom. The third kappa shape index (κ3) is 4.58. The van der Waals surface area contributed by atoms with Crippen LogP contribution in [-0.4, -0.2) is 15.9 Å². The molecule has 2 aromatic carbocycles. The number of anilines is 2. The van der Waals surface area contributed by atoms with Crippen molar-refractivity contribution in [3.8, 4) is 0 Å². The fourth-order valence-electron chi connectivity index (χ4n) is 2.52. The second kappa shape index (κ2) is 7.97. The minimum atomic E-state index is -0.331. The van der Waals surface area contributed by atoms with Crippen LogP contribution in [0.4, 0.5) is 11.6 Å². The van der Waals surface area contributed by atoms with Crippen molar-refractivity contribution in [2.24, 2.45) is 0 Å². The van der Waals surface area contributed by atoms with Gasteiger partial charge < -0.3 is 10.6 Å². The summed E-state index contributed by atoms with van der Waals surface area (Å²) in [6.45, 7) is 4.45. The molecule has 132 valence electrons. The molecule has 0 atom stereocenters. The van der Waals surface area contributed by atoms with E-state index in [4.69, 9.17) is 11.6 Å². The van der Waals surface area contributed by atoms with E-state index in [9.17, 15) is 4.79 Å². The molecule has 0 radical (unpaired) electrons. The number of benzene rings is 2. The van der Waals surface area contributed by atoms with Crippen LogP contribution in [0.3, 0.4) is 0 Å². The zero-order valence-electron chi connectivity index (χ0n) is 14.6. The fourth-order valence-corrected chi connectivity index (χ4v) is 2.70. The summed E-state index contributed by atoms with van der Waals surface area (Å²) in [4.78, 5) is 21.2. The number of para-hydroxylation sites is 1. The maximum Gasteiger partial charge on any atom is 0.274 e. The minimum Gasteiger partial charge on any atom is -0.350 e. The molecule has 0 bridgehead atoms. The van der Waals surface area contributed by atoms with Crippen LogP contribution in [0.5, 0.6) is 0 Å². The number of rotatable bonds is 5. The van der Waals surface area contributed by atoms with Crippen LogP contribution in [0.2, 0.25) is 5.02 Å². The predicted octanol–water partition coefficient (Wildman–Crippen LogP) is 4.61. The molecule has 3 aromatic rings. The maximum atomic E-state index is 12.5. The van der Waals surface area contributed by atoms with Crippen molar-refractivity contribution in [2.45, 2.75) is 20.4 Å². The van der Waals surface area contributed by atoms with Gasteiger partial charge in [0.2, 0.25) is 5.95 Å². The molecule has 3 rings (SSSR count). The van der Waals surface area contributed by atoms with Gasteiger partial charge in [0.25, 0.3) is 5.91 Å². The van der Waals surface area contributed by atoms with Crippen LogP contribution in [0.1, 0.15) is 27.3 Å². The average Bonchev–Trinajstić information content (AvgIpc) is 2.61. The third-order valence-corrected chi connectivity index (χ3v) is 4.07. The summed E-state index contributed by atoms with van der Waals surface area (Å²) in [6.07, 6.45) is 0. The monoisotopic (exact) mass is 366 g/mol. The van der Waals surface area contributed by atoms with E-state index in [1.165, 1.54) is 5.56 Å². The average molecular weight is 367 g/mol. The van der Waals surface area contributed by atoms with Crippen LogP contribution < -0.4 is 10.6 Å². The smallest absolute Gasteiger partial charge is 0.274 e. The molecule has 0 aliphatic rings. The highest BCUT2D eigenvalue weighted by molar-refractivity contribution is 6.33. The van der Waals surface area contributed by atoms with E-state index in [2.05, 4.69) is 26.7 Å². The van der Waals surface area contributed by atoms with Crippen LogP contribution in [0.25, 0.3) is 0 Å². The van der Waals surface area contributed by atoms with Gasteiger partial charge in [-0.2, -0.15) is 0 Å². The lowest BCUT2D eigenvalue weighted by atomic mass is 10.1. The van der Waals surface area contributed by atoms with E-state index in [1.807, 2.05) is 38.1 Å². The third-order valence-electron chi connectivity index (χ3n) is 3.74. The minimum absolute atomic E-state index is 0.282. The number of amides is 1. The van der Waals surface area contributed by atoms with Gasteiger partial charge in [0.1, 0.15) is 5.69 Å². The standard InChI is InChI=1S/C20H19ClN4O/c1-13-6-5-7-15(10-13)12-22-20-23-14(2)11-18(25-20)19(26)24-17-9-4-3-8-16(17)21/h3-11H,12H2,1-2H3,(H,24,26)(H,22,23,25). The van der Waals surface area contributed by atoms with Crippen molar-refractivity contribution in [3.63, 3.8) is 0 Å². The number of hydrogen-bond acceptors (Lipinski definition) is 4. The molecular formula is C20H19ClN4O. The molecule has 0 aliphatic heterocycles. The number of hydrogen-bond donors (Lipinski definition) is 2. The van der Waals surface area contributed by atoms with Crippen LogP contribution in [-0.2, 0) is 6.54 Å². The van der Waals surface area contributed by atoms with Gasteiger partial charge in [-0.25, -0.2) is 9.97 Å². The lowest BCUT2D eigenvalue weighted by Crippen LogP contribution is -2.16. The molecule has 0 unspecified atom stereocenters. The Hall–Kier alpha value is -2.92. The van der Waals surface area contributed by atoms with Crippen molar-refractivity contribution in [1.29, 1.82) is 0 Å². The first kappa shape index (κ1) is 17.9. The lowest BCUT2D eigenvalue weighted by Gasteiger charge is -2.10. The van der Waals surface area contributed by atoms with E-state index in [0.717, 1.165) is 5.56 Å². The second-order valence-corrected chi connectivity index (χ2v) is 6.40. The molecule has 1 heterocycles. The summed E-state index contributed by atoms with van der Waals surface area (Å²) in [5.74, 6) is 0.0815. The van der Waals surface area contributed by atoms with Gasteiger partial charge in [-0.1, -0.05) is 53.6 Å². The van der Waals surface area contributed by atoms with Crippen LogP contribution in [0, 0.1) is 13.8 Å². The molecule has 0 fully saturated rings. The summed E-state index contributed by atoms with van der Waals surface area (Å²) in [7, 11) is 0. The molecule has 26 heavy (non-hydrogen) atoms. The van der Waals surface area contributed by atoms with Crippen LogP contribution >= 0.6 is 11.6 Å². The van der Waals surface area contributed by atoms with Crippen molar-refractivity contribution >= 4 is 29.1 Å². The van der Waals surface area contributed by atoms with Gasteiger partial charge in [-0.3, -0.25) is 4.79 Å². The zero-order valence-corrected chi connectivity index (χ0v) is 15.3. The quantitative estimate of drug-likeness (QED) is 0.691. The maximum absolute atomic E-state index is 12.5. The Morgan fingerprint density at radius 2 is 1.85 bits per heavy atom. The van der Waals surface area contributed by atoms with Crippen molar-refractivity contribution < 1.29 is 4.79 Å². The number of aryl methyl sites for hydroxylation is 2. The van der Waals surface area contributed by atoms with E-state index < -0.39 is 0 Å². The highest BCUT2D eigenvalue weighted by Gasteiger charge is 2.12. The SMILES string of the molecule is Cc1cccc(CNc2nc(C)cc(C(=O)Nc3ccccc3Cl)n2)c1. The van der Waals surface area contributed by atoms with Crippen molar-refractivity contribution in [3.05, 3.63) is 82.1 Å². The van der Waals surface area contributed by atoms with Gasteiger partial charge >= 0.3 is 0 Å². The summed E-state index contributed by atoms with van der Waals surface area (Å²) < 4.78 is 0. The number of aromatic nitrogens is 2. The molecule has 6 heteroatoms. The van der Waals surface area contributed by atoms with Crippen molar-refractivity contribution in [2.75, 3.05) is 10.6 Å². The topological polar surface area (TPSA) is 66.9 Å². The summed E-state index contributed by atoms with van der Waals surface area (Å²) in [5, 5.41) is 6.42. The first-order valence-corrected chi connectivity index (χ1v) is 8.60. The van der Waals surface area contributed by atoms with E-state index >= 15 is 0 Å². The van der Waals surface area contributed by atoms with Crippen LogP contribution in [0.15, 0.2) is 54.6 Å². The number of carbonyl (C=O) groups is 1. The van der Waals surface area contributed by atoms with E-state index in [0.29, 0.717) is 28.9 Å². The Labute approximate surface area is 157 Å². The van der Waals surface area contributed by atoms with Gasteiger partial charge in [0.05, 0.1) is 10.7 Å². The normalized spacial score (nSPS) is 10.4. The molecule has 0 aliphatic carbocycles. The lowest BCUT2D eigenvalue weighted by molar-refractivity contribution is 0.102. The number of nitrogens with zero attached hydrogens (tertiary/aromatic N) is 2. The predicted molar refractivity (Wildman–Crippen MR) is 105 cm³/mol. The van der Waals surface area contributed by atoms with E-state index in [-0.39, 0.29) is 11.6 Å². The van der Waals surface area contributed by atoms with E-state index in [1.54, 1.807) is 24.3 Å². The van der Waals surface area contributed by atoms with Gasteiger partial charge in [-0.05, 0) is 37.6 Å². The largest absolute Gasteiger partial charge is 0.350 e. The Kier molecular flexibility index (Phi) is 5.49. The Bertz CT molecular complexity index is 943. The van der Waals surface area contributed by atoms with Gasteiger partial charge in [0, 0.05) is 12.2 Å². The first-order chi connectivity index (χ1) is 12.5. The Morgan fingerprint density at radius 3 is 2.62 bits per heavy atom. The summed E-state index contributed by atoms with van der Waals surface area (Å²) >= 11 is 6.09. The summed E-state index contributed by atoms with van der Waals surface area (Å²) in [6, 6.07) is 16.9. The number of carbonyl (C=O) groups excluding carboxylic acids is 1. The molecular weight excluding hydrogens is 348 g/mol. The molecule has 0 saturated heterocycles. The molecule has 5 nitrogen and oxygen atoms in total. The highest BCUT2D eigenvalue weighted by atomic mass is 35.5. The zero-order chi connectivity index (χ0) is 18.5. The summed E-state index contributed by atoms with van der Waals surface area (Å²) in [5.41, 5.74) is 3.84. The molecule has 2 N–H and O–H groups in total. The molecule has 1 aromatic heterocycles. The second-order valence-electron chi connectivity index (χ2n) is 5.99. The van der Waals surface area contributed by atoms with Gasteiger partial charge in [-0.15, -0.1) is 0 Å². The van der Waals surface area contributed by atoms with Crippen molar-refractivity contribution in [1.82, 2.24) is 9.97 Å². The molecule has 0 saturated carbocycles. The number of halogens is 1. The molecule has 0 spiro atoms. The highest BCUT2D eigenvalue weighted by Crippen LogP contribution is 2.21. The first-order valence-electron chi connectivity index (χ1n) is 8.22. The van der Waals surface area contributed by atoms with Gasteiger partial charge in [0.15, 0.2) is 0 Å². The Balaban J connectivity index is 1.74. The number of nitrogens with one attached hydrogen (secondary N) is 2. The fraction of sp³-hybridized carbons (Fsp3) is 0.150. The molecule has 1 amide bonds.